The molecule has 4 nitrogen and oxygen atoms in total. The zero-order chi connectivity index (χ0) is 21.1. The molecule has 30 heavy (non-hydrogen) atoms. The number of fused-ring (bicyclic) bond motifs is 1. The van der Waals surface area contributed by atoms with Crippen molar-refractivity contribution >= 4 is 21.6 Å². The molecule has 0 unspecified atom stereocenters. The quantitative estimate of drug-likeness (QED) is 0.382. The Bertz CT molecular complexity index is 1210. The maximum atomic E-state index is 13.5. The van der Waals surface area contributed by atoms with E-state index in [1.54, 1.807) is 11.3 Å². The average Bonchev–Trinajstić information content (AvgIpc) is 3.08. The van der Waals surface area contributed by atoms with E-state index in [9.17, 15) is 4.79 Å². The topological polar surface area (TPSA) is 44.1 Å². The van der Waals surface area contributed by atoms with Crippen LogP contribution in [0, 0.1) is 13.8 Å². The Morgan fingerprint density at radius 2 is 1.77 bits per heavy atom. The van der Waals surface area contributed by atoms with Crippen molar-refractivity contribution in [3.05, 3.63) is 81.2 Å². The highest BCUT2D eigenvalue weighted by molar-refractivity contribution is 7.19. The minimum absolute atomic E-state index is 0.0544. The van der Waals surface area contributed by atoms with Gasteiger partial charge in [-0.2, -0.15) is 0 Å². The van der Waals surface area contributed by atoms with Gasteiger partial charge in [0.1, 0.15) is 16.4 Å². The predicted octanol–water partition coefficient (Wildman–Crippen LogP) is 5.77. The number of rotatable bonds is 7. The van der Waals surface area contributed by atoms with Crippen molar-refractivity contribution in [3.8, 4) is 16.9 Å². The van der Waals surface area contributed by atoms with Crippen LogP contribution in [0.25, 0.3) is 21.3 Å². The zero-order valence-corrected chi connectivity index (χ0v) is 18.5. The lowest BCUT2D eigenvalue weighted by atomic mass is 10.0. The first kappa shape index (κ1) is 20.4. The molecule has 0 amide bonds. The molecule has 2 aromatic heterocycles. The largest absolute Gasteiger partial charge is 0.494 e. The molecule has 0 spiro atoms. The van der Waals surface area contributed by atoms with Gasteiger partial charge < -0.3 is 4.74 Å². The van der Waals surface area contributed by atoms with Crippen molar-refractivity contribution in [1.29, 1.82) is 0 Å². The summed E-state index contributed by atoms with van der Waals surface area (Å²) in [6.07, 6.45) is 1.85. The summed E-state index contributed by atoms with van der Waals surface area (Å²) < 4.78 is 7.39. The molecule has 0 N–H and O–H groups in total. The second-order valence-corrected chi connectivity index (χ2v) is 8.58. The second kappa shape index (κ2) is 8.84. The van der Waals surface area contributed by atoms with E-state index in [1.807, 2.05) is 48.7 Å². The van der Waals surface area contributed by atoms with E-state index >= 15 is 0 Å². The third kappa shape index (κ3) is 4.03. The minimum atomic E-state index is 0.0544. The fourth-order valence-electron chi connectivity index (χ4n) is 3.88. The van der Waals surface area contributed by atoms with Crippen LogP contribution in [0.3, 0.4) is 0 Å². The molecule has 2 aromatic carbocycles. The van der Waals surface area contributed by atoms with Crippen molar-refractivity contribution < 1.29 is 4.74 Å². The normalized spacial score (nSPS) is 11.2. The predicted molar refractivity (Wildman–Crippen MR) is 125 cm³/mol. The monoisotopic (exact) mass is 418 g/mol. The Morgan fingerprint density at radius 3 is 2.47 bits per heavy atom. The molecule has 5 heteroatoms. The smallest absolute Gasteiger partial charge is 0.262 e. The molecule has 4 rings (SSSR count). The van der Waals surface area contributed by atoms with E-state index < -0.39 is 0 Å². The summed E-state index contributed by atoms with van der Waals surface area (Å²) in [5.74, 6) is 1.62. The Labute approximate surface area is 180 Å². The van der Waals surface area contributed by atoms with Crippen molar-refractivity contribution in [2.45, 2.75) is 40.2 Å². The number of benzene rings is 2. The Kier molecular flexibility index (Phi) is 6.00. The van der Waals surface area contributed by atoms with Gasteiger partial charge in [-0.15, -0.1) is 11.3 Å². The summed E-state index contributed by atoms with van der Waals surface area (Å²) in [5, 5.41) is 0.729. The first-order chi connectivity index (χ1) is 14.6. The summed E-state index contributed by atoms with van der Waals surface area (Å²) in [6.45, 7) is 7.26. The highest BCUT2D eigenvalue weighted by atomic mass is 32.1. The van der Waals surface area contributed by atoms with Crippen molar-refractivity contribution in [1.82, 2.24) is 9.55 Å². The number of aryl methyl sites for hydroxylation is 3. The first-order valence-corrected chi connectivity index (χ1v) is 11.2. The van der Waals surface area contributed by atoms with Crippen LogP contribution in [-0.2, 0) is 13.0 Å². The maximum Gasteiger partial charge on any atom is 0.262 e. The van der Waals surface area contributed by atoms with E-state index in [4.69, 9.17) is 9.72 Å². The van der Waals surface area contributed by atoms with E-state index in [2.05, 4.69) is 31.2 Å². The van der Waals surface area contributed by atoms with Crippen molar-refractivity contribution in [2.24, 2.45) is 0 Å². The molecule has 0 saturated heterocycles. The van der Waals surface area contributed by atoms with Crippen LogP contribution in [0.4, 0.5) is 0 Å². The highest BCUT2D eigenvalue weighted by Gasteiger charge is 2.18. The molecule has 0 aliphatic carbocycles. The molecular formula is C25H26N2O2S. The van der Waals surface area contributed by atoms with Crippen molar-refractivity contribution in [3.63, 3.8) is 0 Å². The van der Waals surface area contributed by atoms with Gasteiger partial charge in [-0.3, -0.25) is 9.36 Å². The number of hydrogen-bond acceptors (Lipinski definition) is 4. The van der Waals surface area contributed by atoms with Crippen LogP contribution < -0.4 is 10.3 Å². The van der Waals surface area contributed by atoms with E-state index in [-0.39, 0.29) is 5.56 Å². The Hall–Kier alpha value is -2.92. The lowest BCUT2D eigenvalue weighted by Gasteiger charge is -2.11. The maximum absolute atomic E-state index is 13.5. The van der Waals surface area contributed by atoms with Crippen LogP contribution >= 0.6 is 11.3 Å². The first-order valence-electron chi connectivity index (χ1n) is 10.4. The van der Waals surface area contributed by atoms with Crippen LogP contribution in [-0.4, -0.2) is 16.2 Å². The number of thiophene rings is 1. The average molecular weight is 419 g/mol. The fraction of sp³-hybridized carbons (Fsp3) is 0.280. The number of aromatic nitrogens is 2. The SMILES string of the molecule is CCOc1ccc(-c2c(C)sc3nc(C)n(CCCc4ccccc4)c(=O)c23)cc1. The molecule has 2 heterocycles. The molecule has 154 valence electrons. The number of hydrogen-bond donors (Lipinski definition) is 0. The molecule has 4 aromatic rings. The molecule has 0 aliphatic rings. The molecule has 0 atom stereocenters. The summed E-state index contributed by atoms with van der Waals surface area (Å²) >= 11 is 1.59. The number of nitrogens with zero attached hydrogens (tertiary/aromatic N) is 2. The molecule has 0 saturated carbocycles. The highest BCUT2D eigenvalue weighted by Crippen LogP contribution is 2.36. The van der Waals surface area contributed by atoms with Gasteiger partial charge in [-0.1, -0.05) is 42.5 Å². The fourth-order valence-corrected chi connectivity index (χ4v) is 4.96. The molecule has 0 bridgehead atoms. The zero-order valence-electron chi connectivity index (χ0n) is 17.6. The summed E-state index contributed by atoms with van der Waals surface area (Å²) in [4.78, 5) is 20.2. The van der Waals surface area contributed by atoms with Gasteiger partial charge in [0.15, 0.2) is 0 Å². The van der Waals surface area contributed by atoms with Crippen LogP contribution in [0.15, 0.2) is 59.4 Å². The second-order valence-electron chi connectivity index (χ2n) is 7.38. The third-order valence-electron chi connectivity index (χ3n) is 5.32. The lowest BCUT2D eigenvalue weighted by Crippen LogP contribution is -2.24. The Morgan fingerprint density at radius 1 is 1.03 bits per heavy atom. The number of ether oxygens (including phenoxy) is 1. The van der Waals surface area contributed by atoms with Gasteiger partial charge >= 0.3 is 0 Å². The minimum Gasteiger partial charge on any atom is -0.494 e. The third-order valence-corrected chi connectivity index (χ3v) is 6.32. The van der Waals surface area contributed by atoms with Crippen molar-refractivity contribution in [2.75, 3.05) is 6.61 Å². The summed E-state index contributed by atoms with van der Waals surface area (Å²) in [7, 11) is 0. The molecule has 0 aliphatic heterocycles. The van der Waals surface area contributed by atoms with Gasteiger partial charge in [0.25, 0.3) is 5.56 Å². The molecule has 0 fully saturated rings. The van der Waals surface area contributed by atoms with Gasteiger partial charge in [-0.05, 0) is 56.9 Å². The van der Waals surface area contributed by atoms with Crippen LogP contribution in [0.1, 0.15) is 29.6 Å². The molecular weight excluding hydrogens is 392 g/mol. The standard InChI is InChI=1S/C25H26N2O2S/c1-4-29-21-14-12-20(13-15-21)22-17(2)30-24-23(22)25(28)27(18(3)26-24)16-8-11-19-9-6-5-7-10-19/h5-7,9-10,12-15H,4,8,11,16H2,1-3H3. The van der Waals surface area contributed by atoms with Crippen LogP contribution in [0.2, 0.25) is 0 Å². The summed E-state index contributed by atoms with van der Waals surface area (Å²) in [6, 6.07) is 18.4. The molecule has 0 radical (unpaired) electrons. The summed E-state index contributed by atoms with van der Waals surface area (Å²) in [5.41, 5.74) is 3.37. The van der Waals surface area contributed by atoms with E-state index in [1.165, 1.54) is 5.56 Å². The van der Waals surface area contributed by atoms with Gasteiger partial charge in [0.2, 0.25) is 0 Å². The lowest BCUT2D eigenvalue weighted by molar-refractivity contribution is 0.340. The van der Waals surface area contributed by atoms with E-state index in [0.29, 0.717) is 13.2 Å². The van der Waals surface area contributed by atoms with E-state index in [0.717, 1.165) is 50.6 Å². The van der Waals surface area contributed by atoms with Gasteiger partial charge in [0, 0.05) is 17.0 Å². The van der Waals surface area contributed by atoms with Gasteiger partial charge in [0.05, 0.1) is 12.0 Å². The van der Waals surface area contributed by atoms with Gasteiger partial charge in [-0.25, -0.2) is 4.98 Å². The Balaban J connectivity index is 1.69. The van der Waals surface area contributed by atoms with Crippen LogP contribution in [0.5, 0.6) is 5.75 Å².